The summed E-state index contributed by atoms with van der Waals surface area (Å²) in [7, 11) is 0. The SMILES string of the molecule is CCCc1cc(=O)oc2c3c(c(Cl)cc12)OCN(c1ccc(F)cc1F)C3. The number of hydrogen-bond acceptors (Lipinski definition) is 4. The molecule has 1 aliphatic rings. The molecule has 0 saturated heterocycles. The smallest absolute Gasteiger partial charge is 0.336 e. The van der Waals surface area contributed by atoms with Gasteiger partial charge in [0.05, 0.1) is 22.8 Å². The average molecular weight is 392 g/mol. The third kappa shape index (κ3) is 3.14. The molecule has 0 N–H and O–H groups in total. The molecule has 0 aliphatic carbocycles. The molecule has 140 valence electrons. The Hall–Kier alpha value is -2.60. The molecule has 2 aromatic carbocycles. The van der Waals surface area contributed by atoms with Crippen molar-refractivity contribution in [2.75, 3.05) is 11.6 Å². The van der Waals surface area contributed by atoms with Crippen molar-refractivity contribution in [2.24, 2.45) is 0 Å². The third-order valence-electron chi connectivity index (χ3n) is 4.60. The standard InChI is InChI=1S/C20H16ClF2NO3/c1-2-3-11-6-18(25)27-19-13(11)8-15(21)20-14(19)9-24(10-26-20)17-5-4-12(22)7-16(17)23/h4-8H,2-3,9-10H2,1H3. The molecule has 0 atom stereocenters. The number of ether oxygens (including phenoxy) is 1. The minimum atomic E-state index is -0.693. The number of nitrogens with zero attached hydrogens (tertiary/aromatic N) is 1. The van der Waals surface area contributed by atoms with Crippen LogP contribution in [0, 0.1) is 11.6 Å². The van der Waals surface area contributed by atoms with Gasteiger partial charge in [-0.3, -0.25) is 0 Å². The Morgan fingerprint density at radius 2 is 2.04 bits per heavy atom. The van der Waals surface area contributed by atoms with E-state index in [1.54, 1.807) is 11.0 Å². The number of fused-ring (bicyclic) bond motifs is 3. The highest BCUT2D eigenvalue weighted by Crippen LogP contribution is 2.40. The van der Waals surface area contributed by atoms with Crippen molar-refractivity contribution in [3.63, 3.8) is 0 Å². The predicted octanol–water partition coefficient (Wildman–Crippen LogP) is 5.03. The van der Waals surface area contributed by atoms with E-state index < -0.39 is 17.3 Å². The van der Waals surface area contributed by atoms with Gasteiger partial charge >= 0.3 is 5.63 Å². The molecule has 7 heteroatoms. The first-order valence-electron chi connectivity index (χ1n) is 8.59. The van der Waals surface area contributed by atoms with Crippen LogP contribution in [0.4, 0.5) is 14.5 Å². The molecule has 0 bridgehead atoms. The van der Waals surface area contributed by atoms with Crippen LogP contribution in [0.25, 0.3) is 11.0 Å². The van der Waals surface area contributed by atoms with Crippen LogP contribution in [0.2, 0.25) is 5.02 Å². The molecule has 2 heterocycles. The Labute approximate surface area is 158 Å². The Morgan fingerprint density at radius 1 is 1.22 bits per heavy atom. The predicted molar refractivity (Wildman–Crippen MR) is 99.5 cm³/mol. The molecular weight excluding hydrogens is 376 g/mol. The van der Waals surface area contributed by atoms with E-state index in [4.69, 9.17) is 20.8 Å². The Kier molecular flexibility index (Phi) is 4.52. The first-order valence-corrected chi connectivity index (χ1v) is 8.96. The van der Waals surface area contributed by atoms with Crippen molar-refractivity contribution in [1.29, 1.82) is 0 Å². The number of hydrogen-bond donors (Lipinski definition) is 0. The number of halogens is 3. The van der Waals surface area contributed by atoms with Gasteiger partial charge in [-0.15, -0.1) is 0 Å². The number of anilines is 1. The Bertz CT molecular complexity index is 1100. The zero-order valence-electron chi connectivity index (χ0n) is 14.5. The monoisotopic (exact) mass is 391 g/mol. The summed E-state index contributed by atoms with van der Waals surface area (Å²) in [6.45, 7) is 2.27. The molecule has 27 heavy (non-hydrogen) atoms. The first-order chi connectivity index (χ1) is 13.0. The molecule has 0 spiro atoms. The molecule has 4 rings (SSSR count). The summed E-state index contributed by atoms with van der Waals surface area (Å²) in [4.78, 5) is 13.6. The van der Waals surface area contributed by atoms with E-state index in [0.29, 0.717) is 28.3 Å². The van der Waals surface area contributed by atoms with E-state index >= 15 is 0 Å². The van der Waals surface area contributed by atoms with Crippen LogP contribution >= 0.6 is 11.6 Å². The van der Waals surface area contributed by atoms with Crippen molar-refractivity contribution >= 4 is 28.3 Å². The number of rotatable bonds is 3. The summed E-state index contributed by atoms with van der Waals surface area (Å²) in [6.07, 6.45) is 1.56. The zero-order chi connectivity index (χ0) is 19.1. The lowest BCUT2D eigenvalue weighted by atomic mass is 10.0. The molecule has 0 amide bonds. The van der Waals surface area contributed by atoms with Gasteiger partial charge < -0.3 is 14.1 Å². The highest BCUT2D eigenvalue weighted by molar-refractivity contribution is 6.33. The van der Waals surface area contributed by atoms with Crippen molar-refractivity contribution < 1.29 is 17.9 Å². The molecule has 3 aromatic rings. The van der Waals surface area contributed by atoms with Crippen LogP contribution < -0.4 is 15.3 Å². The Balaban J connectivity index is 1.87. The second-order valence-corrected chi connectivity index (χ2v) is 6.86. The molecule has 0 fully saturated rings. The molecular formula is C20H16ClF2NO3. The fraction of sp³-hybridized carbons (Fsp3) is 0.250. The normalized spacial score (nSPS) is 13.6. The molecule has 0 saturated carbocycles. The molecule has 1 aliphatic heterocycles. The summed E-state index contributed by atoms with van der Waals surface area (Å²) < 4.78 is 38.6. The summed E-state index contributed by atoms with van der Waals surface area (Å²) in [6, 6.07) is 6.56. The summed E-state index contributed by atoms with van der Waals surface area (Å²) in [5.41, 5.74) is 1.54. The van der Waals surface area contributed by atoms with Gasteiger partial charge in [0.2, 0.25) is 0 Å². The summed E-state index contributed by atoms with van der Waals surface area (Å²) in [5, 5.41) is 1.15. The van der Waals surface area contributed by atoms with E-state index in [1.807, 2.05) is 6.92 Å². The molecule has 4 nitrogen and oxygen atoms in total. The highest BCUT2D eigenvalue weighted by atomic mass is 35.5. The molecule has 0 radical (unpaired) electrons. The van der Waals surface area contributed by atoms with Crippen LogP contribution in [0.5, 0.6) is 5.75 Å². The van der Waals surface area contributed by atoms with E-state index in [0.717, 1.165) is 23.4 Å². The van der Waals surface area contributed by atoms with Crippen molar-refractivity contribution in [3.8, 4) is 5.75 Å². The first kappa shape index (κ1) is 17.8. The van der Waals surface area contributed by atoms with Gasteiger partial charge in [-0.05, 0) is 30.2 Å². The van der Waals surface area contributed by atoms with Crippen molar-refractivity contribution in [3.05, 3.63) is 68.5 Å². The minimum absolute atomic E-state index is 0.0413. The Morgan fingerprint density at radius 3 is 2.78 bits per heavy atom. The largest absolute Gasteiger partial charge is 0.471 e. The quantitative estimate of drug-likeness (QED) is 0.587. The lowest BCUT2D eigenvalue weighted by molar-refractivity contribution is 0.287. The van der Waals surface area contributed by atoms with E-state index in [9.17, 15) is 13.6 Å². The maximum atomic E-state index is 14.2. The maximum absolute atomic E-state index is 14.2. The lowest BCUT2D eigenvalue weighted by Gasteiger charge is -2.31. The van der Waals surface area contributed by atoms with Crippen LogP contribution in [-0.4, -0.2) is 6.73 Å². The van der Waals surface area contributed by atoms with E-state index in [1.165, 1.54) is 18.2 Å². The van der Waals surface area contributed by atoms with Crippen LogP contribution in [0.15, 0.2) is 39.5 Å². The van der Waals surface area contributed by atoms with Crippen LogP contribution in [-0.2, 0) is 13.0 Å². The second-order valence-electron chi connectivity index (χ2n) is 6.45. The third-order valence-corrected chi connectivity index (χ3v) is 4.89. The van der Waals surface area contributed by atoms with Gasteiger partial charge in [-0.25, -0.2) is 13.6 Å². The maximum Gasteiger partial charge on any atom is 0.336 e. The topological polar surface area (TPSA) is 42.7 Å². The number of benzene rings is 2. The second kappa shape index (κ2) is 6.85. The van der Waals surface area contributed by atoms with Crippen molar-refractivity contribution in [2.45, 2.75) is 26.3 Å². The lowest BCUT2D eigenvalue weighted by Crippen LogP contribution is -2.33. The fourth-order valence-electron chi connectivity index (χ4n) is 3.42. The average Bonchev–Trinajstić information content (AvgIpc) is 2.63. The van der Waals surface area contributed by atoms with Gasteiger partial charge in [0, 0.05) is 17.5 Å². The molecule has 0 unspecified atom stereocenters. The van der Waals surface area contributed by atoms with Gasteiger partial charge in [0.1, 0.15) is 23.0 Å². The van der Waals surface area contributed by atoms with Gasteiger partial charge in [0.25, 0.3) is 0 Å². The van der Waals surface area contributed by atoms with Gasteiger partial charge in [-0.1, -0.05) is 24.9 Å². The van der Waals surface area contributed by atoms with Crippen LogP contribution in [0.1, 0.15) is 24.5 Å². The highest BCUT2D eigenvalue weighted by Gasteiger charge is 2.26. The summed E-state index contributed by atoms with van der Waals surface area (Å²) in [5.74, 6) is -0.931. The van der Waals surface area contributed by atoms with Crippen LogP contribution in [0.3, 0.4) is 0 Å². The molecule has 1 aromatic heterocycles. The zero-order valence-corrected chi connectivity index (χ0v) is 15.3. The van der Waals surface area contributed by atoms with E-state index in [2.05, 4.69) is 0 Å². The summed E-state index contributed by atoms with van der Waals surface area (Å²) >= 11 is 6.39. The fourth-order valence-corrected chi connectivity index (χ4v) is 3.70. The minimum Gasteiger partial charge on any atom is -0.471 e. The van der Waals surface area contributed by atoms with E-state index in [-0.39, 0.29) is 19.0 Å². The number of aryl methyl sites for hydroxylation is 1. The van der Waals surface area contributed by atoms with Gasteiger partial charge in [-0.2, -0.15) is 0 Å². The van der Waals surface area contributed by atoms with Crippen molar-refractivity contribution in [1.82, 2.24) is 0 Å². The van der Waals surface area contributed by atoms with Gasteiger partial charge in [0.15, 0.2) is 6.73 Å².